The van der Waals surface area contributed by atoms with Gasteiger partial charge in [0.15, 0.2) is 0 Å². The van der Waals surface area contributed by atoms with Crippen LogP contribution in [0.3, 0.4) is 0 Å². The van der Waals surface area contributed by atoms with Gasteiger partial charge in [0, 0.05) is 19.3 Å². The van der Waals surface area contributed by atoms with E-state index in [1.54, 1.807) is 25.3 Å². The highest BCUT2D eigenvalue weighted by Gasteiger charge is 2.30. The molecule has 1 saturated heterocycles. The van der Waals surface area contributed by atoms with Gasteiger partial charge in [-0.05, 0) is 82.1 Å². The summed E-state index contributed by atoms with van der Waals surface area (Å²) < 4.78 is 38.1. The van der Waals surface area contributed by atoms with Gasteiger partial charge in [-0.15, -0.1) is 0 Å². The van der Waals surface area contributed by atoms with Crippen molar-refractivity contribution in [1.82, 2.24) is 4.31 Å². The third-order valence-corrected chi connectivity index (χ3v) is 8.79. The number of nitrogens with two attached hydrogens (primary N) is 1. The summed E-state index contributed by atoms with van der Waals surface area (Å²) in [5.41, 5.74) is 8.52. The number of nitrogen functional groups attached to an aromatic ring is 1. The fraction of sp³-hybridized carbons (Fsp3) is 0.312. The molecule has 0 bridgehead atoms. The van der Waals surface area contributed by atoms with E-state index in [2.05, 4.69) is 10.4 Å². The first-order chi connectivity index (χ1) is 20.8. The van der Waals surface area contributed by atoms with E-state index in [9.17, 15) is 13.2 Å². The van der Waals surface area contributed by atoms with Gasteiger partial charge in [-0.25, -0.2) is 8.42 Å². The molecule has 3 N–H and O–H groups in total. The van der Waals surface area contributed by atoms with Crippen LogP contribution in [0.4, 0.5) is 17.1 Å². The second kappa shape index (κ2) is 14.7. The number of para-hydroxylation sites is 4. The van der Waals surface area contributed by atoms with E-state index in [1.165, 1.54) is 21.4 Å². The Kier molecular flexibility index (Phi) is 10.8. The molecule has 0 atom stereocenters. The van der Waals surface area contributed by atoms with Crippen LogP contribution in [0.5, 0.6) is 11.5 Å². The summed E-state index contributed by atoms with van der Waals surface area (Å²) in [7, 11) is -3.52. The van der Waals surface area contributed by atoms with Gasteiger partial charge >= 0.3 is 0 Å². The zero-order chi connectivity index (χ0) is 30.8. The fourth-order valence-corrected chi connectivity index (χ4v) is 6.17. The summed E-state index contributed by atoms with van der Waals surface area (Å²) in [6.45, 7) is 7.90. The minimum Gasteiger partial charge on any atom is -0.492 e. The van der Waals surface area contributed by atoms with Gasteiger partial charge in [-0.2, -0.15) is 14.4 Å². The van der Waals surface area contributed by atoms with Crippen LogP contribution in [0, 0.1) is 0 Å². The summed E-state index contributed by atoms with van der Waals surface area (Å²) in [5, 5.41) is 8.80. The molecule has 5 rings (SSSR count). The predicted octanol–water partition coefficient (Wildman–Crippen LogP) is 5.65. The number of piperidine rings is 1. The molecule has 0 radical (unpaired) electrons. The van der Waals surface area contributed by atoms with Gasteiger partial charge in [-0.3, -0.25) is 4.79 Å². The molecule has 43 heavy (non-hydrogen) atoms. The molecule has 2 aliphatic heterocycles. The Bertz CT molecular complexity index is 1560. The summed E-state index contributed by atoms with van der Waals surface area (Å²) >= 11 is 0. The number of nitrogens with zero attached hydrogens (tertiary/aromatic N) is 3. The van der Waals surface area contributed by atoms with E-state index in [4.69, 9.17) is 15.2 Å². The Hall–Kier alpha value is -4.35. The maximum atomic E-state index is 13.0. The van der Waals surface area contributed by atoms with E-state index in [0.29, 0.717) is 54.7 Å². The SMILES string of the molecule is CCOc1ccccc1N.CCOc1ccccc1NC=C1C(=O)N(c2ccc(S(=O)(=O)N3CCCCC3)cc2)N=C1C. The molecular formula is C32H39N5O5S. The van der Waals surface area contributed by atoms with E-state index < -0.39 is 10.0 Å². The molecule has 0 aliphatic carbocycles. The molecule has 228 valence electrons. The normalized spacial score (nSPS) is 16.3. The minimum absolute atomic E-state index is 0.227. The molecule has 0 unspecified atom stereocenters. The third-order valence-electron chi connectivity index (χ3n) is 6.87. The fourth-order valence-electron chi connectivity index (χ4n) is 4.66. The largest absolute Gasteiger partial charge is 0.492 e. The van der Waals surface area contributed by atoms with Crippen molar-refractivity contribution in [2.75, 3.05) is 42.4 Å². The Labute approximate surface area is 253 Å². The number of hydrazone groups is 1. The highest BCUT2D eigenvalue weighted by Crippen LogP contribution is 2.28. The maximum Gasteiger partial charge on any atom is 0.282 e. The Morgan fingerprint density at radius 3 is 2.14 bits per heavy atom. The molecule has 2 heterocycles. The molecule has 0 spiro atoms. The van der Waals surface area contributed by atoms with Gasteiger partial charge < -0.3 is 20.5 Å². The zero-order valence-electron chi connectivity index (χ0n) is 24.8. The van der Waals surface area contributed by atoms with Crippen LogP contribution in [0.15, 0.2) is 94.6 Å². The van der Waals surface area contributed by atoms with Crippen LogP contribution in [0.1, 0.15) is 40.0 Å². The monoisotopic (exact) mass is 605 g/mol. The van der Waals surface area contributed by atoms with E-state index >= 15 is 0 Å². The van der Waals surface area contributed by atoms with Gasteiger partial charge in [0.05, 0.1) is 46.5 Å². The summed E-state index contributed by atoms with van der Waals surface area (Å²) in [6, 6.07) is 21.3. The first-order valence-corrected chi connectivity index (χ1v) is 15.9. The second-order valence-corrected chi connectivity index (χ2v) is 11.8. The Morgan fingerprint density at radius 2 is 1.49 bits per heavy atom. The van der Waals surface area contributed by atoms with Crippen molar-refractivity contribution in [3.05, 3.63) is 84.6 Å². The minimum atomic E-state index is -3.52. The van der Waals surface area contributed by atoms with Gasteiger partial charge in [0.25, 0.3) is 5.91 Å². The molecule has 3 aromatic carbocycles. The Balaban J connectivity index is 0.000000359. The number of sulfonamides is 1. The molecule has 0 aromatic heterocycles. The molecule has 1 fully saturated rings. The average Bonchev–Trinajstić information content (AvgIpc) is 3.31. The molecule has 11 heteroatoms. The van der Waals surface area contributed by atoms with E-state index in [0.717, 1.165) is 30.7 Å². The van der Waals surface area contributed by atoms with Crippen molar-refractivity contribution >= 4 is 38.7 Å². The molecule has 2 aliphatic rings. The number of amides is 1. The molecular weight excluding hydrogens is 566 g/mol. The first kappa shape index (κ1) is 31.6. The lowest BCUT2D eigenvalue weighted by Crippen LogP contribution is -2.35. The average molecular weight is 606 g/mol. The molecule has 0 saturated carbocycles. The highest BCUT2D eigenvalue weighted by atomic mass is 32.2. The van der Waals surface area contributed by atoms with Gasteiger partial charge in [0.2, 0.25) is 10.0 Å². The standard InChI is InChI=1S/C24H28N4O4S.C8H11NO/c1-3-32-23-10-6-5-9-22(23)25-17-21-18(2)26-28(24(21)29)19-11-13-20(14-12-19)33(30,31)27-15-7-4-8-16-27;1-2-10-8-6-4-3-5-7(8)9/h5-6,9-14,17,25H,3-4,7-8,15-16H2,1-2H3;3-6H,2,9H2,1H3. The number of anilines is 3. The van der Waals surface area contributed by atoms with Crippen LogP contribution in [0.25, 0.3) is 0 Å². The summed E-state index contributed by atoms with van der Waals surface area (Å²) in [6.07, 6.45) is 4.44. The number of carbonyl (C=O) groups excluding carboxylic acids is 1. The third kappa shape index (κ3) is 7.74. The number of hydrogen-bond acceptors (Lipinski definition) is 8. The molecule has 1 amide bonds. The number of carbonyl (C=O) groups is 1. The summed E-state index contributed by atoms with van der Waals surface area (Å²) in [5.74, 6) is 1.17. The molecule has 10 nitrogen and oxygen atoms in total. The van der Waals surface area contributed by atoms with Gasteiger partial charge in [-0.1, -0.05) is 30.7 Å². The van der Waals surface area contributed by atoms with Crippen molar-refractivity contribution in [3.8, 4) is 11.5 Å². The number of rotatable bonds is 9. The van der Waals surface area contributed by atoms with Crippen molar-refractivity contribution in [1.29, 1.82) is 0 Å². The smallest absolute Gasteiger partial charge is 0.282 e. The summed E-state index contributed by atoms with van der Waals surface area (Å²) in [4.78, 5) is 13.3. The molecule has 3 aromatic rings. The van der Waals surface area contributed by atoms with Crippen molar-refractivity contribution in [2.45, 2.75) is 44.9 Å². The van der Waals surface area contributed by atoms with Crippen LogP contribution < -0.4 is 25.5 Å². The van der Waals surface area contributed by atoms with Crippen LogP contribution >= 0.6 is 0 Å². The Morgan fingerprint density at radius 1 is 0.884 bits per heavy atom. The number of hydrogen-bond donors (Lipinski definition) is 2. The van der Waals surface area contributed by atoms with Crippen molar-refractivity contribution in [3.63, 3.8) is 0 Å². The van der Waals surface area contributed by atoms with Gasteiger partial charge in [0.1, 0.15) is 11.5 Å². The van der Waals surface area contributed by atoms with Crippen molar-refractivity contribution in [2.24, 2.45) is 5.10 Å². The second-order valence-electron chi connectivity index (χ2n) is 9.86. The first-order valence-electron chi connectivity index (χ1n) is 14.4. The quantitative estimate of drug-likeness (QED) is 0.239. The lowest BCUT2D eigenvalue weighted by atomic mass is 10.2. The van der Waals surface area contributed by atoms with E-state index in [-0.39, 0.29) is 10.8 Å². The lowest BCUT2D eigenvalue weighted by molar-refractivity contribution is -0.114. The van der Waals surface area contributed by atoms with Crippen LogP contribution in [0.2, 0.25) is 0 Å². The van der Waals surface area contributed by atoms with Crippen LogP contribution in [-0.2, 0) is 14.8 Å². The number of ether oxygens (including phenoxy) is 2. The van der Waals surface area contributed by atoms with E-state index in [1.807, 2.05) is 62.4 Å². The number of nitrogens with one attached hydrogen (secondary N) is 1. The number of benzene rings is 3. The maximum absolute atomic E-state index is 13.0. The highest BCUT2D eigenvalue weighted by molar-refractivity contribution is 7.89. The predicted molar refractivity (Wildman–Crippen MR) is 171 cm³/mol. The zero-order valence-corrected chi connectivity index (χ0v) is 25.6. The van der Waals surface area contributed by atoms with Crippen LogP contribution in [-0.4, -0.2) is 50.6 Å². The topological polar surface area (TPSA) is 127 Å². The lowest BCUT2D eigenvalue weighted by Gasteiger charge is -2.26. The van der Waals surface area contributed by atoms with Crippen molar-refractivity contribution < 1.29 is 22.7 Å².